The van der Waals surface area contributed by atoms with Crippen molar-refractivity contribution in [3.8, 4) is 0 Å². The summed E-state index contributed by atoms with van der Waals surface area (Å²) in [7, 11) is 16.0. The molecule has 2 rings (SSSR count). The van der Waals surface area contributed by atoms with Crippen molar-refractivity contribution in [2.24, 2.45) is 0 Å². The Balaban J connectivity index is 3.19. The van der Waals surface area contributed by atoms with Crippen LogP contribution >= 0.6 is 0 Å². The first-order chi connectivity index (χ1) is 9.50. The Labute approximate surface area is 136 Å². The Morgan fingerprint density at radius 1 is 0.476 bits per heavy atom. The normalized spacial score (nSPS) is 12.0. The van der Waals surface area contributed by atoms with Crippen LogP contribution in [0.15, 0.2) is 0 Å². The fourth-order valence-corrected chi connectivity index (χ4v) is 4.16. The lowest BCUT2D eigenvalue weighted by atomic mass is 9.57. The Bertz CT molecular complexity index is 757. The highest BCUT2D eigenvalue weighted by molar-refractivity contribution is 6.71. The van der Waals surface area contributed by atoms with Crippen molar-refractivity contribution in [3.63, 3.8) is 0 Å². The minimum atomic E-state index is 0.187. The van der Waals surface area contributed by atoms with Gasteiger partial charge in [0.25, 0.3) is 0 Å². The van der Waals surface area contributed by atoms with Gasteiger partial charge < -0.3 is 0 Å². The van der Waals surface area contributed by atoms with Crippen LogP contribution in [0.1, 0.15) is 26.3 Å². The molecule has 0 amide bonds. The number of fused-ring (bicyclic) bond motifs is 1. The van der Waals surface area contributed by atoms with Crippen LogP contribution in [0.3, 0.4) is 0 Å². The molecule has 0 atom stereocenters. The Morgan fingerprint density at radius 2 is 0.810 bits per heavy atom. The molecule has 0 aliphatic heterocycles. The van der Waals surface area contributed by atoms with Crippen molar-refractivity contribution in [2.45, 2.75) is 26.2 Å². The molecule has 0 N–H and O–H groups in total. The van der Waals surface area contributed by atoms with Crippen LogP contribution in [0.25, 0.3) is 10.8 Å². The molecule has 2 aromatic carbocycles. The molecule has 0 bridgehead atoms. The van der Waals surface area contributed by atoms with Gasteiger partial charge in [-0.2, -0.15) is 0 Å². The minimum Gasteiger partial charge on any atom is -0.101 e. The zero-order valence-corrected chi connectivity index (χ0v) is 15.5. The maximum atomic E-state index is 2.33. The first-order valence-corrected chi connectivity index (χ1v) is 8.00. The fourth-order valence-electron chi connectivity index (χ4n) is 4.16. The average Bonchev–Trinajstić information content (AvgIpc) is 2.36. The average molecular weight is 267 g/mol. The summed E-state index contributed by atoms with van der Waals surface area (Å²) >= 11 is 0. The van der Waals surface area contributed by atoms with E-state index in [4.69, 9.17) is 0 Å². The van der Waals surface area contributed by atoms with Gasteiger partial charge in [-0.3, -0.25) is 0 Å². The Hall–Kier alpha value is -0.845. The van der Waals surface area contributed by atoms with Crippen molar-refractivity contribution in [1.82, 2.24) is 0 Å². The third-order valence-corrected chi connectivity index (χ3v) is 5.50. The largest absolute Gasteiger partial charge is 0.140 e. The third-order valence-electron chi connectivity index (χ3n) is 5.50. The van der Waals surface area contributed by atoms with Crippen molar-refractivity contribution in [1.29, 1.82) is 0 Å². The number of hydrogen-bond acceptors (Lipinski definition) is 0. The quantitative estimate of drug-likeness (QED) is 0.416. The van der Waals surface area contributed by atoms with Gasteiger partial charge in [-0.1, -0.05) is 53.6 Å². The molecule has 100 valence electrons. The lowest BCUT2D eigenvalue weighted by Crippen LogP contribution is -2.53. The van der Waals surface area contributed by atoms with Crippen LogP contribution in [-0.2, 0) is 5.41 Å². The van der Waals surface area contributed by atoms with E-state index in [1.54, 1.807) is 0 Å². The van der Waals surface area contributed by atoms with Crippen molar-refractivity contribution in [3.05, 3.63) is 5.56 Å². The van der Waals surface area contributed by atoms with Gasteiger partial charge in [-0.05, 0) is 16.2 Å². The van der Waals surface area contributed by atoms with E-state index in [9.17, 15) is 0 Å². The summed E-state index contributed by atoms with van der Waals surface area (Å²) in [6.45, 7) is 6.99. The standard InChI is InChI=1S/C14H23B7/c1-14(2,3)6-7(15)4-5(8(16)11(6)19)10(18)13(21)12(20)9(4)17/h15-21H2,1-3H3. The van der Waals surface area contributed by atoms with Gasteiger partial charge in [0.05, 0.1) is 0 Å². The first-order valence-electron chi connectivity index (χ1n) is 8.00. The van der Waals surface area contributed by atoms with E-state index in [0.717, 1.165) is 0 Å². The highest BCUT2D eigenvalue weighted by Gasteiger charge is 2.23. The molecule has 2 aromatic rings. The molecule has 0 saturated heterocycles. The Morgan fingerprint density at radius 3 is 1.19 bits per heavy atom. The van der Waals surface area contributed by atoms with Gasteiger partial charge in [0.1, 0.15) is 54.9 Å². The van der Waals surface area contributed by atoms with E-state index in [1.165, 1.54) is 54.6 Å². The molecule has 0 heterocycles. The molecule has 7 heteroatoms. The third kappa shape index (κ3) is 2.33. The van der Waals surface area contributed by atoms with E-state index in [2.05, 4.69) is 75.7 Å². The van der Waals surface area contributed by atoms with Crippen LogP contribution in [0.2, 0.25) is 0 Å². The van der Waals surface area contributed by atoms with Gasteiger partial charge in [-0.25, -0.2) is 0 Å². The lowest BCUT2D eigenvalue weighted by Gasteiger charge is -2.30. The predicted octanol–water partition coefficient (Wildman–Crippen LogP) is -8.05. The topological polar surface area (TPSA) is 0 Å². The lowest BCUT2D eigenvalue weighted by molar-refractivity contribution is 0.599. The van der Waals surface area contributed by atoms with Crippen LogP contribution < -0.4 is 38.2 Å². The van der Waals surface area contributed by atoms with E-state index in [1.807, 2.05) is 0 Å². The van der Waals surface area contributed by atoms with Gasteiger partial charge in [0.15, 0.2) is 0 Å². The van der Waals surface area contributed by atoms with Crippen LogP contribution in [0.5, 0.6) is 0 Å². The molecule has 0 radical (unpaired) electrons. The number of rotatable bonds is 0. The highest BCUT2D eigenvalue weighted by Crippen LogP contribution is 2.19. The molecule has 0 fully saturated rings. The molecule has 0 unspecified atom stereocenters. The summed E-state index contributed by atoms with van der Waals surface area (Å²) in [6, 6.07) is 0. The van der Waals surface area contributed by atoms with Crippen LogP contribution in [0, 0.1) is 0 Å². The maximum Gasteiger partial charge on any atom is 0.140 e. The molecule has 0 nitrogen and oxygen atoms in total. The molecule has 0 aliphatic rings. The predicted molar refractivity (Wildman–Crippen MR) is 120 cm³/mol. The minimum absolute atomic E-state index is 0.187. The van der Waals surface area contributed by atoms with E-state index < -0.39 is 0 Å². The van der Waals surface area contributed by atoms with Crippen LogP contribution in [0.4, 0.5) is 0 Å². The SMILES string of the molecule is Bc1c(B)c(B)c2c(B)c(C(C)(C)C)c(B)c(B)c2c1B. The van der Waals surface area contributed by atoms with E-state index in [0.29, 0.717) is 0 Å². The molecule has 0 aromatic heterocycles. The summed E-state index contributed by atoms with van der Waals surface area (Å²) in [6.07, 6.45) is 0. The second-order valence-corrected chi connectivity index (χ2v) is 7.75. The molecule has 0 saturated carbocycles. The second kappa shape index (κ2) is 5.11. The summed E-state index contributed by atoms with van der Waals surface area (Å²) in [5.74, 6) is 0. The van der Waals surface area contributed by atoms with Gasteiger partial charge in [0, 0.05) is 0 Å². The molecular formula is C14H23B7. The molecular weight excluding hydrogens is 244 g/mol. The fraction of sp³-hybridized carbons (Fsp3) is 0.286. The summed E-state index contributed by atoms with van der Waals surface area (Å²) < 4.78 is 0. The summed E-state index contributed by atoms with van der Waals surface area (Å²) in [5, 5.41) is 2.97. The van der Waals surface area contributed by atoms with Crippen molar-refractivity contribution < 1.29 is 0 Å². The van der Waals surface area contributed by atoms with Crippen molar-refractivity contribution >= 4 is 104 Å². The first kappa shape index (κ1) is 16.5. The summed E-state index contributed by atoms with van der Waals surface area (Å²) in [5.41, 5.74) is 11.9. The smallest absolute Gasteiger partial charge is 0.101 e. The van der Waals surface area contributed by atoms with E-state index >= 15 is 0 Å². The van der Waals surface area contributed by atoms with Gasteiger partial charge in [-0.15, -0.1) is 10.9 Å². The highest BCUT2D eigenvalue weighted by atomic mass is 14.2. The Kier molecular flexibility index (Phi) is 4.02. The van der Waals surface area contributed by atoms with Crippen LogP contribution in [-0.4, -0.2) is 54.9 Å². The van der Waals surface area contributed by atoms with Gasteiger partial charge in [0.2, 0.25) is 0 Å². The number of hydrogen-bond donors (Lipinski definition) is 0. The van der Waals surface area contributed by atoms with Gasteiger partial charge >= 0.3 is 0 Å². The van der Waals surface area contributed by atoms with E-state index in [-0.39, 0.29) is 5.41 Å². The maximum absolute atomic E-state index is 2.33. The zero-order valence-electron chi connectivity index (χ0n) is 15.5. The molecule has 0 aliphatic carbocycles. The molecule has 21 heavy (non-hydrogen) atoms. The monoisotopic (exact) mass is 268 g/mol. The zero-order chi connectivity index (χ0) is 16.3. The van der Waals surface area contributed by atoms with Crippen molar-refractivity contribution in [2.75, 3.05) is 0 Å². The number of benzene rings is 2. The second-order valence-electron chi connectivity index (χ2n) is 7.75. The summed E-state index contributed by atoms with van der Waals surface area (Å²) in [4.78, 5) is 0. The molecule has 0 spiro atoms.